The van der Waals surface area contributed by atoms with Crippen molar-refractivity contribution < 1.29 is 16.5 Å². The smallest absolute Gasteiger partial charge is 0.760 e. The second-order valence-electron chi connectivity index (χ2n) is 5.54. The Morgan fingerprint density at radius 2 is 1.13 bits per heavy atom. The van der Waals surface area contributed by atoms with Crippen LogP contribution in [0.3, 0.4) is 0 Å². The Morgan fingerprint density at radius 1 is 0.600 bits per heavy atom. The van der Waals surface area contributed by atoms with Crippen LogP contribution in [0.15, 0.2) is 108 Å². The van der Waals surface area contributed by atoms with Crippen LogP contribution < -0.4 is 0 Å². The summed E-state index contributed by atoms with van der Waals surface area (Å²) in [5, 5.41) is 2.29. The maximum Gasteiger partial charge on any atom is 2.00 e. The summed E-state index contributed by atoms with van der Waals surface area (Å²) in [6.45, 7) is 0. The number of thiazole rings is 1. The molecule has 0 unspecified atom stereocenters. The third-order valence-corrected chi connectivity index (χ3v) is 5.00. The van der Waals surface area contributed by atoms with Gasteiger partial charge in [0.1, 0.15) is 5.01 Å². The average molecular weight is 491 g/mol. The molecule has 4 heterocycles. The van der Waals surface area contributed by atoms with Crippen LogP contribution in [-0.4, -0.2) is 19.9 Å². The minimum Gasteiger partial charge on any atom is -0.760 e. The molecule has 0 fully saturated rings. The van der Waals surface area contributed by atoms with Gasteiger partial charge in [-0.05, 0) is 36.4 Å². The van der Waals surface area contributed by atoms with Crippen LogP contribution in [0, 0.1) is 0 Å². The Morgan fingerprint density at radius 3 is 1.57 bits per heavy atom. The molecule has 30 heavy (non-hydrogen) atoms. The molecule has 4 aromatic heterocycles. The van der Waals surface area contributed by atoms with E-state index in [1.54, 1.807) is 42.1 Å². The fourth-order valence-corrected chi connectivity index (χ4v) is 3.39. The molecule has 0 aliphatic rings. The quantitative estimate of drug-likeness (QED) is 0.234. The summed E-state index contributed by atoms with van der Waals surface area (Å²) in [6.07, 6.45) is 5.16. The van der Waals surface area contributed by atoms with Crippen molar-refractivity contribution in [3.8, 4) is 10.7 Å². The molecule has 0 saturated heterocycles. The van der Waals surface area contributed by atoms with Gasteiger partial charge in [0.25, 0.3) is 0 Å². The molecule has 0 amide bonds. The van der Waals surface area contributed by atoms with Crippen LogP contribution in [0.5, 0.6) is 0 Å². The molecule has 0 N–H and O–H groups in total. The van der Waals surface area contributed by atoms with Crippen molar-refractivity contribution in [2.45, 2.75) is 10.1 Å². The molecule has 0 aliphatic heterocycles. The van der Waals surface area contributed by atoms with E-state index >= 15 is 0 Å². The van der Waals surface area contributed by atoms with Gasteiger partial charge in [0, 0.05) is 18.6 Å². The first-order valence-corrected chi connectivity index (χ1v) is 10.3. The van der Waals surface area contributed by atoms with Gasteiger partial charge < -0.3 is 25.3 Å². The maximum atomic E-state index is 4.70. The van der Waals surface area contributed by atoms with Crippen molar-refractivity contribution in [3.63, 3.8) is 0 Å². The van der Waals surface area contributed by atoms with Crippen LogP contribution in [0.4, 0.5) is 0 Å². The summed E-state index contributed by atoms with van der Waals surface area (Å²) >= 11 is 11.1. The minimum absolute atomic E-state index is 0. The SMILES string of the molecule is [Ni+2].[S-]c1ccccn1.[S-]c1ccccn1.c1ccc(-c2nc3ccccc3s2)nc1. The average Bonchev–Trinajstić information content (AvgIpc) is 3.21. The van der Waals surface area contributed by atoms with E-state index in [0.717, 1.165) is 16.2 Å². The Bertz CT molecular complexity index is 1050. The van der Waals surface area contributed by atoms with Gasteiger partial charge in [0.2, 0.25) is 0 Å². The van der Waals surface area contributed by atoms with Crippen LogP contribution >= 0.6 is 11.3 Å². The number of pyridine rings is 3. The van der Waals surface area contributed by atoms with Gasteiger partial charge >= 0.3 is 16.5 Å². The zero-order valence-electron chi connectivity index (χ0n) is 15.6. The zero-order valence-corrected chi connectivity index (χ0v) is 19.0. The summed E-state index contributed by atoms with van der Waals surface area (Å²) in [4.78, 5) is 16.4. The number of aromatic nitrogens is 4. The summed E-state index contributed by atoms with van der Waals surface area (Å²) in [7, 11) is 0. The molecule has 0 aliphatic carbocycles. The Kier molecular flexibility index (Phi) is 10.2. The normalized spacial score (nSPS) is 9.33. The van der Waals surface area contributed by atoms with Crippen LogP contribution in [0.25, 0.3) is 20.9 Å². The molecular formula is C22H16N4NiS3. The topological polar surface area (TPSA) is 51.6 Å². The Hall–Kier alpha value is -2.51. The molecular weight excluding hydrogens is 475 g/mol. The van der Waals surface area contributed by atoms with Gasteiger partial charge in [-0.25, -0.2) is 4.98 Å². The molecule has 0 spiro atoms. The van der Waals surface area contributed by atoms with E-state index in [2.05, 4.69) is 26.0 Å². The monoisotopic (exact) mass is 490 g/mol. The van der Waals surface area contributed by atoms with E-state index in [4.69, 9.17) is 25.3 Å². The minimum atomic E-state index is 0. The van der Waals surface area contributed by atoms with Gasteiger partial charge in [-0.2, -0.15) is 0 Å². The van der Waals surface area contributed by atoms with Crippen LogP contribution in [0.1, 0.15) is 0 Å². The second kappa shape index (κ2) is 12.9. The number of rotatable bonds is 1. The molecule has 0 saturated carbocycles. The van der Waals surface area contributed by atoms with E-state index in [9.17, 15) is 0 Å². The predicted octanol–water partition coefficient (Wildman–Crippen LogP) is 5.33. The molecule has 0 atom stereocenters. The Labute approximate surface area is 200 Å². The van der Waals surface area contributed by atoms with E-state index in [1.807, 2.05) is 60.7 Å². The standard InChI is InChI=1S/C12H8N2S.2C5H5NS.Ni/c1-2-7-11-9(5-1)14-12(15-11)10-6-3-4-8-13-10;2*7-5-3-1-2-4-6-5;/h1-8H;2*1-4H,(H,6,7);/q;;;+2/p-2. The number of benzene rings is 1. The molecule has 5 aromatic rings. The van der Waals surface area contributed by atoms with Crippen molar-refractivity contribution in [1.29, 1.82) is 0 Å². The van der Waals surface area contributed by atoms with E-state index < -0.39 is 0 Å². The molecule has 5 rings (SSSR count). The summed E-state index contributed by atoms with van der Waals surface area (Å²) in [5.74, 6) is 0. The fraction of sp³-hybridized carbons (Fsp3) is 0. The van der Waals surface area contributed by atoms with Crippen LogP contribution in [-0.2, 0) is 41.7 Å². The fourth-order valence-electron chi connectivity index (χ4n) is 2.17. The van der Waals surface area contributed by atoms with Gasteiger partial charge in [-0.15, -0.1) is 11.3 Å². The number of fused-ring (bicyclic) bond motifs is 1. The summed E-state index contributed by atoms with van der Waals surface area (Å²) < 4.78 is 1.21. The van der Waals surface area contributed by atoms with Crippen molar-refractivity contribution in [3.05, 3.63) is 97.5 Å². The third kappa shape index (κ3) is 7.73. The van der Waals surface area contributed by atoms with Crippen molar-refractivity contribution in [2.24, 2.45) is 0 Å². The number of hydrogen-bond acceptors (Lipinski definition) is 7. The van der Waals surface area contributed by atoms with Crippen molar-refractivity contribution in [2.75, 3.05) is 0 Å². The van der Waals surface area contributed by atoms with Crippen molar-refractivity contribution in [1.82, 2.24) is 19.9 Å². The molecule has 8 heteroatoms. The molecule has 152 valence electrons. The summed E-state index contributed by atoms with van der Waals surface area (Å²) in [6, 6.07) is 25.0. The van der Waals surface area contributed by atoms with Crippen LogP contribution in [0.2, 0.25) is 0 Å². The molecule has 0 bridgehead atoms. The first-order chi connectivity index (χ1) is 14.2. The van der Waals surface area contributed by atoms with Gasteiger partial charge in [0.05, 0.1) is 15.9 Å². The van der Waals surface area contributed by atoms with Gasteiger partial charge in [-0.1, -0.05) is 52.5 Å². The number of para-hydroxylation sites is 1. The molecule has 4 nitrogen and oxygen atoms in total. The first-order valence-electron chi connectivity index (χ1n) is 8.65. The van der Waals surface area contributed by atoms with Crippen molar-refractivity contribution >= 4 is 46.8 Å². The molecule has 1 aromatic carbocycles. The van der Waals surface area contributed by atoms with E-state index in [1.165, 1.54) is 4.70 Å². The zero-order chi connectivity index (χ0) is 20.3. The van der Waals surface area contributed by atoms with E-state index in [-0.39, 0.29) is 16.5 Å². The Balaban J connectivity index is 0.000000180. The number of hydrogen-bond donors (Lipinski definition) is 0. The van der Waals surface area contributed by atoms with Gasteiger partial charge in [0.15, 0.2) is 0 Å². The van der Waals surface area contributed by atoms with E-state index in [0.29, 0.717) is 10.1 Å². The maximum absolute atomic E-state index is 4.70. The van der Waals surface area contributed by atoms with Gasteiger partial charge in [-0.3, -0.25) is 15.0 Å². The second-order valence-corrected chi connectivity index (χ2v) is 7.40. The molecule has 0 radical (unpaired) electrons. The largest absolute Gasteiger partial charge is 2.00 e. The number of nitrogens with zero attached hydrogens (tertiary/aromatic N) is 4. The summed E-state index contributed by atoms with van der Waals surface area (Å²) in [5.41, 5.74) is 1.99. The first kappa shape index (κ1) is 23.8. The third-order valence-electron chi connectivity index (χ3n) is 3.45. The predicted molar refractivity (Wildman–Crippen MR) is 123 cm³/mol.